The van der Waals surface area contributed by atoms with E-state index in [0.717, 1.165) is 0 Å². The van der Waals surface area contributed by atoms with Gasteiger partial charge in [0, 0.05) is 0 Å². The molecular formula is C9H10NO2. The SMILES string of the molecule is CC(Oc1c[c]ccc1)C(N)=O. The molecule has 0 bridgehead atoms. The van der Waals surface area contributed by atoms with E-state index < -0.39 is 12.0 Å². The van der Waals surface area contributed by atoms with Crippen LogP contribution in [0.15, 0.2) is 24.3 Å². The number of hydrogen-bond acceptors (Lipinski definition) is 2. The van der Waals surface area contributed by atoms with Crippen LogP contribution >= 0.6 is 0 Å². The van der Waals surface area contributed by atoms with E-state index in [2.05, 4.69) is 6.07 Å². The molecule has 2 N–H and O–H groups in total. The molecule has 63 valence electrons. The van der Waals surface area contributed by atoms with Crippen LogP contribution in [0.5, 0.6) is 5.75 Å². The van der Waals surface area contributed by atoms with Crippen LogP contribution in [-0.2, 0) is 4.79 Å². The van der Waals surface area contributed by atoms with Crippen molar-refractivity contribution in [2.75, 3.05) is 0 Å². The van der Waals surface area contributed by atoms with Gasteiger partial charge in [-0.1, -0.05) is 12.1 Å². The largest absolute Gasteiger partial charge is 0.481 e. The summed E-state index contributed by atoms with van der Waals surface area (Å²) in [6.07, 6.45) is -0.596. The van der Waals surface area contributed by atoms with Crippen molar-refractivity contribution in [3.8, 4) is 5.75 Å². The average Bonchev–Trinajstić information content (AvgIpc) is 2.06. The predicted molar refractivity (Wildman–Crippen MR) is 44.6 cm³/mol. The molecule has 0 heterocycles. The lowest BCUT2D eigenvalue weighted by molar-refractivity contribution is -0.123. The summed E-state index contributed by atoms with van der Waals surface area (Å²) in [4.78, 5) is 10.6. The number of carbonyl (C=O) groups excluding carboxylic acids is 1. The molecule has 1 radical (unpaired) electrons. The van der Waals surface area contributed by atoms with Crippen LogP contribution in [0, 0.1) is 6.07 Å². The van der Waals surface area contributed by atoms with Gasteiger partial charge in [0.1, 0.15) is 5.75 Å². The van der Waals surface area contributed by atoms with Crippen molar-refractivity contribution in [3.63, 3.8) is 0 Å². The zero-order chi connectivity index (χ0) is 8.97. The summed E-state index contributed by atoms with van der Waals surface area (Å²) in [6, 6.07) is 9.76. The number of ether oxygens (including phenoxy) is 1. The maximum absolute atomic E-state index is 10.6. The molecule has 0 fully saturated rings. The Morgan fingerprint density at radius 1 is 1.75 bits per heavy atom. The average molecular weight is 164 g/mol. The van der Waals surface area contributed by atoms with E-state index in [1.807, 2.05) is 0 Å². The Labute approximate surface area is 71.1 Å². The Morgan fingerprint density at radius 2 is 2.50 bits per heavy atom. The lowest BCUT2D eigenvalue weighted by Crippen LogP contribution is -2.30. The molecule has 1 aromatic rings. The van der Waals surface area contributed by atoms with Gasteiger partial charge in [-0.05, 0) is 25.1 Å². The van der Waals surface area contributed by atoms with Crippen LogP contribution in [-0.4, -0.2) is 12.0 Å². The minimum absolute atomic E-state index is 0.473. The minimum atomic E-state index is -0.596. The second-order valence-electron chi connectivity index (χ2n) is 2.40. The summed E-state index contributed by atoms with van der Waals surface area (Å²) in [5.41, 5.74) is 5.01. The molecule has 0 aromatic heterocycles. The molecule has 0 saturated heterocycles. The Morgan fingerprint density at radius 3 is 3.00 bits per heavy atom. The van der Waals surface area contributed by atoms with Gasteiger partial charge in [-0.15, -0.1) is 0 Å². The third kappa shape index (κ3) is 2.27. The van der Waals surface area contributed by atoms with Gasteiger partial charge in [-0.3, -0.25) is 4.79 Å². The first-order chi connectivity index (χ1) is 5.70. The zero-order valence-corrected chi connectivity index (χ0v) is 6.78. The fourth-order valence-electron chi connectivity index (χ4n) is 0.712. The molecule has 1 unspecified atom stereocenters. The Bertz CT molecular complexity index is 258. The van der Waals surface area contributed by atoms with Crippen LogP contribution in [0.25, 0.3) is 0 Å². The van der Waals surface area contributed by atoms with Gasteiger partial charge in [-0.25, -0.2) is 0 Å². The van der Waals surface area contributed by atoms with Crippen LogP contribution in [0.3, 0.4) is 0 Å². The molecule has 0 aliphatic rings. The molecule has 1 amide bonds. The molecule has 0 saturated carbocycles. The number of carbonyl (C=O) groups is 1. The van der Waals surface area contributed by atoms with E-state index in [9.17, 15) is 4.79 Å². The van der Waals surface area contributed by atoms with Crippen molar-refractivity contribution in [2.24, 2.45) is 5.73 Å². The van der Waals surface area contributed by atoms with Gasteiger partial charge < -0.3 is 10.5 Å². The molecule has 1 rings (SSSR count). The van der Waals surface area contributed by atoms with Crippen molar-refractivity contribution < 1.29 is 9.53 Å². The van der Waals surface area contributed by atoms with Crippen molar-refractivity contribution in [1.82, 2.24) is 0 Å². The van der Waals surface area contributed by atoms with Crippen LogP contribution in [0.1, 0.15) is 6.92 Å². The summed E-state index contributed by atoms with van der Waals surface area (Å²) in [5.74, 6) is 0.127. The standard InChI is InChI=1S/C9H10NO2/c1-7(9(10)11)12-8-5-3-2-4-6-8/h2-3,5-7H,1H3,(H2,10,11). The minimum Gasteiger partial charge on any atom is -0.481 e. The second-order valence-corrected chi connectivity index (χ2v) is 2.40. The van der Waals surface area contributed by atoms with Gasteiger partial charge in [0.2, 0.25) is 0 Å². The summed E-state index contributed by atoms with van der Waals surface area (Å²) in [5, 5.41) is 0. The number of hydrogen-bond donors (Lipinski definition) is 1. The summed E-state index contributed by atoms with van der Waals surface area (Å²) in [6.45, 7) is 1.61. The first-order valence-electron chi connectivity index (χ1n) is 3.62. The van der Waals surface area contributed by atoms with Crippen molar-refractivity contribution >= 4 is 5.91 Å². The molecule has 3 heteroatoms. The van der Waals surface area contributed by atoms with Crippen LogP contribution < -0.4 is 10.5 Å². The first kappa shape index (κ1) is 8.59. The highest BCUT2D eigenvalue weighted by Gasteiger charge is 2.08. The van der Waals surface area contributed by atoms with Gasteiger partial charge in [0.15, 0.2) is 6.10 Å². The van der Waals surface area contributed by atoms with E-state index in [0.29, 0.717) is 5.75 Å². The van der Waals surface area contributed by atoms with Crippen LogP contribution in [0.2, 0.25) is 0 Å². The Kier molecular flexibility index (Phi) is 2.69. The van der Waals surface area contributed by atoms with E-state index >= 15 is 0 Å². The fourth-order valence-corrected chi connectivity index (χ4v) is 0.712. The third-order valence-electron chi connectivity index (χ3n) is 1.39. The van der Waals surface area contributed by atoms with E-state index in [4.69, 9.17) is 10.5 Å². The molecule has 3 nitrogen and oxygen atoms in total. The number of amides is 1. The van der Waals surface area contributed by atoms with Gasteiger partial charge >= 0.3 is 0 Å². The van der Waals surface area contributed by atoms with Crippen molar-refractivity contribution in [3.05, 3.63) is 30.3 Å². The maximum Gasteiger partial charge on any atom is 0.258 e. The fraction of sp³-hybridized carbons (Fsp3) is 0.222. The highest BCUT2D eigenvalue weighted by atomic mass is 16.5. The smallest absolute Gasteiger partial charge is 0.258 e. The quantitative estimate of drug-likeness (QED) is 0.716. The maximum atomic E-state index is 10.6. The third-order valence-corrected chi connectivity index (χ3v) is 1.39. The lowest BCUT2D eigenvalue weighted by Gasteiger charge is -2.09. The monoisotopic (exact) mass is 164 g/mol. The Hall–Kier alpha value is -1.51. The van der Waals surface area contributed by atoms with Crippen molar-refractivity contribution in [2.45, 2.75) is 13.0 Å². The molecule has 12 heavy (non-hydrogen) atoms. The summed E-state index contributed by atoms with van der Waals surface area (Å²) in [7, 11) is 0. The zero-order valence-electron chi connectivity index (χ0n) is 6.78. The van der Waals surface area contributed by atoms with E-state index in [-0.39, 0.29) is 0 Å². The molecule has 0 aliphatic carbocycles. The highest BCUT2D eigenvalue weighted by molar-refractivity contribution is 5.78. The van der Waals surface area contributed by atoms with Gasteiger partial charge in [-0.2, -0.15) is 0 Å². The topological polar surface area (TPSA) is 52.3 Å². The van der Waals surface area contributed by atoms with E-state index in [1.165, 1.54) is 0 Å². The lowest BCUT2D eigenvalue weighted by atomic mass is 10.3. The summed E-state index contributed by atoms with van der Waals surface area (Å²) < 4.78 is 5.17. The first-order valence-corrected chi connectivity index (χ1v) is 3.62. The molecule has 1 aromatic carbocycles. The normalized spacial score (nSPS) is 12.1. The second kappa shape index (κ2) is 3.76. The summed E-state index contributed by atoms with van der Waals surface area (Å²) >= 11 is 0. The molecule has 0 aliphatic heterocycles. The number of benzene rings is 1. The molecule has 1 atom stereocenters. The molecular weight excluding hydrogens is 154 g/mol. The number of nitrogens with two attached hydrogens (primary N) is 1. The number of rotatable bonds is 3. The van der Waals surface area contributed by atoms with Gasteiger partial charge in [0.25, 0.3) is 5.91 Å². The number of primary amides is 1. The highest BCUT2D eigenvalue weighted by Crippen LogP contribution is 2.09. The predicted octanol–water partition coefficient (Wildman–Crippen LogP) is 0.739. The molecule has 0 spiro atoms. The van der Waals surface area contributed by atoms with E-state index in [1.54, 1.807) is 31.2 Å². The van der Waals surface area contributed by atoms with Crippen molar-refractivity contribution in [1.29, 1.82) is 0 Å². The Balaban J connectivity index is 2.58. The van der Waals surface area contributed by atoms with Gasteiger partial charge in [0.05, 0.1) is 0 Å². The van der Waals surface area contributed by atoms with Crippen LogP contribution in [0.4, 0.5) is 0 Å².